The summed E-state index contributed by atoms with van der Waals surface area (Å²) in [6.07, 6.45) is 1.36. The minimum atomic E-state index is -1.08. The predicted molar refractivity (Wildman–Crippen MR) is 39.8 cm³/mol. The van der Waals surface area contributed by atoms with Gasteiger partial charge in [0.1, 0.15) is 0 Å². The number of rotatable bonds is 3. The zero-order valence-corrected chi connectivity index (χ0v) is 10.6. The molecule has 0 radical (unpaired) electrons. The zero-order valence-electron chi connectivity index (χ0n) is 8.12. The van der Waals surface area contributed by atoms with Crippen molar-refractivity contribution in [3.05, 3.63) is 0 Å². The van der Waals surface area contributed by atoms with Gasteiger partial charge in [-0.3, -0.25) is 0 Å². The number of carbonyl (C=O) groups excluding carboxylic acids is 2. The van der Waals surface area contributed by atoms with Gasteiger partial charge >= 0.3 is 26.2 Å². The molecule has 0 aliphatic rings. The molecule has 0 amide bonds. The van der Waals surface area contributed by atoms with E-state index in [9.17, 15) is 9.90 Å². The van der Waals surface area contributed by atoms with E-state index >= 15 is 0 Å². The Labute approximate surface area is 97.5 Å². The van der Waals surface area contributed by atoms with Crippen LogP contribution in [0.15, 0.2) is 0 Å². The van der Waals surface area contributed by atoms with Crippen LogP contribution < -0.4 is 10.2 Å². The first kappa shape index (κ1) is 18.6. The third-order valence-corrected chi connectivity index (χ3v) is 1.32. The molecule has 4 nitrogen and oxygen atoms in total. The summed E-state index contributed by atoms with van der Waals surface area (Å²) in [6.45, 7) is 4.67. The summed E-state index contributed by atoms with van der Waals surface area (Å²) in [7, 11) is 0. The third kappa shape index (κ3) is 18.6. The Bertz CT molecular complexity index is 139. The predicted octanol–water partition coefficient (Wildman–Crippen LogP) is -1.07. The SMILES string of the molecule is CC(=O)[O-].CCC(CC)C(=O)[O-].[Zr+2]. The normalized spacial score (nSPS) is 8.00. The number of carboxylic acids is 2. The molecule has 0 saturated heterocycles. The Balaban J connectivity index is -0.000000173. The van der Waals surface area contributed by atoms with Crippen LogP contribution in [0.1, 0.15) is 33.6 Å². The molecule has 0 aromatic carbocycles. The van der Waals surface area contributed by atoms with Crippen molar-refractivity contribution in [1.29, 1.82) is 0 Å². The molecule has 0 fully saturated rings. The van der Waals surface area contributed by atoms with Gasteiger partial charge in [0.25, 0.3) is 0 Å². The van der Waals surface area contributed by atoms with Gasteiger partial charge in [-0.2, -0.15) is 0 Å². The molecule has 0 spiro atoms. The summed E-state index contributed by atoms with van der Waals surface area (Å²) in [6, 6.07) is 0. The van der Waals surface area contributed by atoms with E-state index in [4.69, 9.17) is 9.90 Å². The molecular formula is C8H14O4Zr. The maximum atomic E-state index is 10.1. The number of hydrogen-bond acceptors (Lipinski definition) is 4. The fourth-order valence-electron chi connectivity index (χ4n) is 0.622. The van der Waals surface area contributed by atoms with Crippen LogP contribution in [-0.2, 0) is 35.8 Å². The van der Waals surface area contributed by atoms with Gasteiger partial charge in [0.15, 0.2) is 0 Å². The summed E-state index contributed by atoms with van der Waals surface area (Å²) in [5.74, 6) is -2.25. The van der Waals surface area contributed by atoms with Crippen LogP contribution in [0.2, 0.25) is 0 Å². The summed E-state index contributed by atoms with van der Waals surface area (Å²) >= 11 is 0. The largest absolute Gasteiger partial charge is 2.00 e. The fourth-order valence-corrected chi connectivity index (χ4v) is 0.622. The second kappa shape index (κ2) is 11.8. The molecule has 0 unspecified atom stereocenters. The number of aliphatic carboxylic acids is 2. The molecule has 5 heteroatoms. The Morgan fingerprint density at radius 3 is 1.38 bits per heavy atom. The molecule has 0 saturated carbocycles. The van der Waals surface area contributed by atoms with Gasteiger partial charge < -0.3 is 19.8 Å². The molecule has 0 aliphatic carbocycles. The van der Waals surface area contributed by atoms with E-state index in [-0.39, 0.29) is 32.1 Å². The van der Waals surface area contributed by atoms with Crippen LogP contribution in [-0.4, -0.2) is 11.9 Å². The fraction of sp³-hybridized carbons (Fsp3) is 0.750. The van der Waals surface area contributed by atoms with Crippen LogP contribution in [0.25, 0.3) is 0 Å². The van der Waals surface area contributed by atoms with E-state index in [0.29, 0.717) is 12.8 Å². The minimum absolute atomic E-state index is 0. The standard InChI is InChI=1S/C6H12O2.C2H4O2.Zr/c1-3-5(4-2)6(7)8;1-2(3)4;/h5H,3-4H2,1-2H3,(H,7,8);1H3,(H,3,4);/q;;+2/p-2. The second-order valence-electron chi connectivity index (χ2n) is 2.32. The van der Waals surface area contributed by atoms with Crippen LogP contribution in [0, 0.1) is 5.92 Å². The van der Waals surface area contributed by atoms with Gasteiger partial charge in [-0.1, -0.05) is 13.8 Å². The van der Waals surface area contributed by atoms with E-state index in [1.807, 2.05) is 13.8 Å². The average Bonchev–Trinajstić information content (AvgIpc) is 1.87. The first-order chi connectivity index (χ1) is 5.45. The maximum absolute atomic E-state index is 10.1. The molecule has 0 heterocycles. The molecule has 74 valence electrons. The Kier molecular flexibility index (Phi) is 16.9. The van der Waals surface area contributed by atoms with E-state index in [1.54, 1.807) is 0 Å². The molecule has 13 heavy (non-hydrogen) atoms. The van der Waals surface area contributed by atoms with Crippen molar-refractivity contribution < 1.29 is 46.0 Å². The van der Waals surface area contributed by atoms with Crippen LogP contribution in [0.5, 0.6) is 0 Å². The maximum Gasteiger partial charge on any atom is 2.00 e. The Morgan fingerprint density at radius 2 is 1.38 bits per heavy atom. The van der Waals surface area contributed by atoms with Crippen molar-refractivity contribution in [3.63, 3.8) is 0 Å². The van der Waals surface area contributed by atoms with Crippen molar-refractivity contribution in [2.45, 2.75) is 33.6 Å². The summed E-state index contributed by atoms with van der Waals surface area (Å²) in [5, 5.41) is 18.9. The van der Waals surface area contributed by atoms with E-state index in [1.165, 1.54) is 0 Å². The smallest absolute Gasteiger partial charge is 0.550 e. The van der Waals surface area contributed by atoms with Crippen molar-refractivity contribution in [3.8, 4) is 0 Å². The van der Waals surface area contributed by atoms with Crippen molar-refractivity contribution in [2.75, 3.05) is 0 Å². The summed E-state index contributed by atoms with van der Waals surface area (Å²) in [4.78, 5) is 18.9. The van der Waals surface area contributed by atoms with E-state index in [2.05, 4.69) is 0 Å². The molecular weight excluding hydrogens is 251 g/mol. The van der Waals surface area contributed by atoms with E-state index < -0.39 is 11.9 Å². The average molecular weight is 265 g/mol. The minimum Gasteiger partial charge on any atom is -0.550 e. The van der Waals surface area contributed by atoms with Crippen LogP contribution in [0.4, 0.5) is 0 Å². The quantitative estimate of drug-likeness (QED) is 0.650. The first-order valence-electron chi connectivity index (χ1n) is 3.84. The van der Waals surface area contributed by atoms with E-state index in [0.717, 1.165) is 6.92 Å². The van der Waals surface area contributed by atoms with Crippen LogP contribution in [0.3, 0.4) is 0 Å². The van der Waals surface area contributed by atoms with Gasteiger partial charge in [-0.15, -0.1) is 0 Å². The van der Waals surface area contributed by atoms with Gasteiger partial charge in [-0.25, -0.2) is 0 Å². The molecule has 0 aromatic heterocycles. The van der Waals surface area contributed by atoms with Crippen molar-refractivity contribution in [1.82, 2.24) is 0 Å². The first-order valence-corrected chi connectivity index (χ1v) is 3.84. The molecule has 0 rings (SSSR count). The van der Waals surface area contributed by atoms with Gasteiger partial charge in [-0.05, 0) is 25.7 Å². The van der Waals surface area contributed by atoms with Gasteiger partial charge in [0.2, 0.25) is 0 Å². The molecule has 0 atom stereocenters. The Hall–Kier alpha value is -0.177. The number of carbonyl (C=O) groups is 2. The zero-order chi connectivity index (χ0) is 10.1. The van der Waals surface area contributed by atoms with Crippen molar-refractivity contribution in [2.24, 2.45) is 5.92 Å². The molecule has 0 bridgehead atoms. The number of carboxylic acid groups (broad SMARTS) is 2. The monoisotopic (exact) mass is 264 g/mol. The molecule has 0 aromatic rings. The third-order valence-electron chi connectivity index (χ3n) is 1.32. The summed E-state index contributed by atoms with van der Waals surface area (Å²) < 4.78 is 0. The molecule has 0 N–H and O–H groups in total. The van der Waals surface area contributed by atoms with Gasteiger partial charge in [0.05, 0.1) is 0 Å². The van der Waals surface area contributed by atoms with Crippen LogP contribution >= 0.6 is 0 Å². The van der Waals surface area contributed by atoms with Crippen molar-refractivity contribution >= 4 is 11.9 Å². The molecule has 0 aliphatic heterocycles. The summed E-state index contributed by atoms with van der Waals surface area (Å²) in [5.41, 5.74) is 0. The topological polar surface area (TPSA) is 80.3 Å². The van der Waals surface area contributed by atoms with Gasteiger partial charge in [0, 0.05) is 11.9 Å². The second-order valence-corrected chi connectivity index (χ2v) is 2.32. The number of hydrogen-bond donors (Lipinski definition) is 0. The Morgan fingerprint density at radius 1 is 1.15 bits per heavy atom.